The normalized spacial score (nSPS) is 15.3. The van der Waals surface area contributed by atoms with Gasteiger partial charge in [-0.05, 0) is 23.1 Å². The topological polar surface area (TPSA) is 22.1 Å². The fourth-order valence-corrected chi connectivity index (χ4v) is 4.70. The van der Waals surface area contributed by atoms with Crippen LogP contribution in [0.3, 0.4) is 0 Å². The molecule has 0 fully saturated rings. The van der Waals surface area contributed by atoms with E-state index in [-0.39, 0.29) is 5.41 Å². The van der Waals surface area contributed by atoms with Gasteiger partial charge in [-0.3, -0.25) is 4.98 Å². The highest BCUT2D eigenvalue weighted by atomic mass is 32.2. The predicted molar refractivity (Wildman–Crippen MR) is 106 cm³/mol. The van der Waals surface area contributed by atoms with Gasteiger partial charge in [0, 0.05) is 34.1 Å². The van der Waals surface area contributed by atoms with Crippen LogP contribution in [-0.2, 0) is 28.4 Å². The number of hydrogen-bond donors (Lipinski definition) is 0. The lowest BCUT2D eigenvalue weighted by atomic mass is 9.85. The Morgan fingerprint density at radius 3 is 1.92 bits per heavy atom. The summed E-state index contributed by atoms with van der Waals surface area (Å²) in [6.45, 7) is 6.83. The number of pyridine rings is 1. The van der Waals surface area contributed by atoms with Crippen LogP contribution in [0.2, 0.25) is 0 Å². The van der Waals surface area contributed by atoms with E-state index in [1.54, 1.807) is 7.11 Å². The van der Waals surface area contributed by atoms with Gasteiger partial charge in [0.2, 0.25) is 0 Å². The summed E-state index contributed by atoms with van der Waals surface area (Å²) in [5, 5.41) is 0. The Kier molecular flexibility index (Phi) is 5.46. The fourth-order valence-electron chi connectivity index (χ4n) is 2.89. The number of benzene rings is 1. The molecule has 4 heteroatoms. The Labute approximate surface area is 153 Å². The summed E-state index contributed by atoms with van der Waals surface area (Å²) >= 11 is 3.82. The molecule has 0 atom stereocenters. The van der Waals surface area contributed by atoms with E-state index in [2.05, 4.69) is 51.1 Å². The van der Waals surface area contributed by atoms with Crippen molar-refractivity contribution in [3.05, 3.63) is 58.4 Å². The number of rotatable bonds is 1. The third kappa shape index (κ3) is 4.09. The number of methoxy groups -OCH3 is 1. The third-order valence-corrected chi connectivity index (χ3v) is 6.22. The van der Waals surface area contributed by atoms with Crippen molar-refractivity contribution in [2.75, 3.05) is 7.11 Å². The van der Waals surface area contributed by atoms with Crippen LogP contribution in [0.15, 0.2) is 30.3 Å². The standard InChI is InChI=1S/C20H25NOS2/c1-20(2,3)16-8-14-10-23-12-17-6-5-7-18(21-17)13-24-11-15(9-16)19(14)22-4/h5-9H,10-13H2,1-4H3. The highest BCUT2D eigenvalue weighted by Crippen LogP contribution is 2.36. The molecular weight excluding hydrogens is 334 g/mol. The molecule has 24 heavy (non-hydrogen) atoms. The van der Waals surface area contributed by atoms with Crippen LogP contribution >= 0.6 is 23.5 Å². The maximum absolute atomic E-state index is 5.80. The second-order valence-corrected chi connectivity index (χ2v) is 9.15. The molecule has 1 aliphatic rings. The molecule has 0 unspecified atom stereocenters. The summed E-state index contributed by atoms with van der Waals surface area (Å²) in [7, 11) is 1.80. The van der Waals surface area contributed by atoms with E-state index in [1.807, 2.05) is 23.5 Å². The summed E-state index contributed by atoms with van der Waals surface area (Å²) in [6.07, 6.45) is 0. The lowest BCUT2D eigenvalue weighted by Gasteiger charge is -2.24. The average Bonchev–Trinajstić information content (AvgIpc) is 2.53. The summed E-state index contributed by atoms with van der Waals surface area (Å²) in [5.41, 5.74) is 6.50. The molecule has 1 aromatic carbocycles. The van der Waals surface area contributed by atoms with Crippen molar-refractivity contribution in [1.82, 2.24) is 4.98 Å². The van der Waals surface area contributed by atoms with Crippen molar-refractivity contribution < 1.29 is 4.74 Å². The highest BCUT2D eigenvalue weighted by molar-refractivity contribution is 7.98. The van der Waals surface area contributed by atoms with Gasteiger partial charge in [0.15, 0.2) is 0 Å². The van der Waals surface area contributed by atoms with Crippen molar-refractivity contribution in [2.24, 2.45) is 0 Å². The van der Waals surface area contributed by atoms with Gasteiger partial charge in [-0.15, -0.1) is 0 Å². The molecule has 0 radical (unpaired) electrons. The minimum Gasteiger partial charge on any atom is -0.496 e. The van der Waals surface area contributed by atoms with Crippen LogP contribution in [-0.4, -0.2) is 12.1 Å². The molecule has 1 aromatic heterocycles. The third-order valence-electron chi connectivity index (χ3n) is 4.19. The molecule has 2 aromatic rings. The summed E-state index contributed by atoms with van der Waals surface area (Å²) in [6, 6.07) is 11.0. The molecule has 0 N–H and O–H groups in total. The fraction of sp³-hybridized carbons (Fsp3) is 0.450. The van der Waals surface area contributed by atoms with E-state index in [0.717, 1.165) is 28.8 Å². The largest absolute Gasteiger partial charge is 0.496 e. The zero-order valence-electron chi connectivity index (χ0n) is 14.9. The van der Waals surface area contributed by atoms with Crippen LogP contribution in [0, 0.1) is 0 Å². The van der Waals surface area contributed by atoms with E-state index < -0.39 is 0 Å². The Hall–Kier alpha value is -1.13. The van der Waals surface area contributed by atoms with Crippen molar-refractivity contribution in [2.45, 2.75) is 49.2 Å². The molecule has 4 bridgehead atoms. The van der Waals surface area contributed by atoms with Crippen molar-refractivity contribution in [3.63, 3.8) is 0 Å². The maximum Gasteiger partial charge on any atom is 0.126 e. The van der Waals surface area contributed by atoms with Gasteiger partial charge < -0.3 is 4.74 Å². The minimum atomic E-state index is 0.147. The summed E-state index contributed by atoms with van der Waals surface area (Å²) in [4.78, 5) is 4.77. The van der Waals surface area contributed by atoms with Crippen molar-refractivity contribution >= 4 is 23.5 Å². The van der Waals surface area contributed by atoms with Gasteiger partial charge in [0.25, 0.3) is 0 Å². The molecule has 128 valence electrons. The quantitative estimate of drug-likeness (QED) is 0.664. The van der Waals surface area contributed by atoms with Crippen LogP contribution < -0.4 is 4.74 Å². The predicted octanol–water partition coefficient (Wildman–Crippen LogP) is 5.57. The Morgan fingerprint density at radius 1 is 0.917 bits per heavy atom. The van der Waals surface area contributed by atoms with E-state index in [4.69, 9.17) is 9.72 Å². The minimum absolute atomic E-state index is 0.147. The molecule has 0 saturated carbocycles. The first kappa shape index (κ1) is 17.7. The first-order chi connectivity index (χ1) is 11.5. The van der Waals surface area contributed by atoms with Crippen LogP contribution in [0.5, 0.6) is 5.75 Å². The Morgan fingerprint density at radius 2 is 1.46 bits per heavy atom. The first-order valence-corrected chi connectivity index (χ1v) is 10.6. The van der Waals surface area contributed by atoms with Gasteiger partial charge in [0.1, 0.15) is 5.75 Å². The monoisotopic (exact) mass is 359 g/mol. The SMILES string of the molecule is COc1c2cc(C(C)(C)C)cc1CSCc1cccc(n1)CSC2. The second-order valence-electron chi connectivity index (χ2n) is 7.18. The van der Waals surface area contributed by atoms with Gasteiger partial charge in [-0.1, -0.05) is 39.0 Å². The molecule has 2 nitrogen and oxygen atoms in total. The highest BCUT2D eigenvalue weighted by Gasteiger charge is 2.20. The van der Waals surface area contributed by atoms with Gasteiger partial charge >= 0.3 is 0 Å². The van der Waals surface area contributed by atoms with E-state index >= 15 is 0 Å². The lowest BCUT2D eigenvalue weighted by Crippen LogP contribution is -2.13. The molecule has 1 aliphatic heterocycles. The lowest BCUT2D eigenvalue weighted by molar-refractivity contribution is 0.407. The van der Waals surface area contributed by atoms with E-state index in [0.29, 0.717) is 0 Å². The van der Waals surface area contributed by atoms with E-state index in [9.17, 15) is 0 Å². The number of nitrogens with zero attached hydrogens (tertiary/aromatic N) is 1. The van der Waals surface area contributed by atoms with Gasteiger partial charge in [-0.2, -0.15) is 23.5 Å². The Bertz CT molecular complexity index is 676. The molecule has 2 heterocycles. The van der Waals surface area contributed by atoms with Crippen LogP contribution in [0.1, 0.15) is 48.8 Å². The number of hydrogen-bond acceptors (Lipinski definition) is 4. The smallest absolute Gasteiger partial charge is 0.126 e. The maximum atomic E-state index is 5.80. The van der Waals surface area contributed by atoms with Gasteiger partial charge in [0.05, 0.1) is 18.5 Å². The molecule has 0 aliphatic carbocycles. The number of thioether (sulfide) groups is 2. The second kappa shape index (κ2) is 7.40. The molecule has 3 rings (SSSR count). The van der Waals surface area contributed by atoms with E-state index in [1.165, 1.54) is 28.1 Å². The first-order valence-electron chi connectivity index (χ1n) is 8.28. The van der Waals surface area contributed by atoms with Crippen LogP contribution in [0.25, 0.3) is 0 Å². The molecule has 0 amide bonds. The number of aromatic nitrogens is 1. The zero-order valence-corrected chi connectivity index (χ0v) is 16.5. The average molecular weight is 360 g/mol. The number of ether oxygens (including phenoxy) is 1. The summed E-state index contributed by atoms with van der Waals surface area (Å²) < 4.78 is 5.80. The molecule has 0 spiro atoms. The van der Waals surface area contributed by atoms with Gasteiger partial charge in [-0.25, -0.2) is 0 Å². The zero-order chi connectivity index (χ0) is 17.2. The number of fused-ring (bicyclic) bond motifs is 4. The van der Waals surface area contributed by atoms with Crippen molar-refractivity contribution in [3.8, 4) is 5.75 Å². The summed E-state index contributed by atoms with van der Waals surface area (Å²) in [5.74, 6) is 4.86. The Balaban J connectivity index is 1.99. The molecular formula is C20H25NOS2. The van der Waals surface area contributed by atoms with Crippen molar-refractivity contribution in [1.29, 1.82) is 0 Å². The van der Waals surface area contributed by atoms with Crippen LogP contribution in [0.4, 0.5) is 0 Å². The molecule has 0 saturated heterocycles.